The normalized spacial score (nSPS) is 12.9. The molecule has 0 spiro atoms. The number of nitrogens with one attached hydrogen (secondary N) is 1. The van der Waals surface area contributed by atoms with Crippen LogP contribution < -0.4 is 5.32 Å². The monoisotopic (exact) mass is 380 g/mol. The molecule has 3 N–H and O–H groups in total. The van der Waals surface area contributed by atoms with Gasteiger partial charge in [0, 0.05) is 18.3 Å². The van der Waals surface area contributed by atoms with Gasteiger partial charge in [-0.15, -0.1) is 0 Å². The van der Waals surface area contributed by atoms with E-state index in [4.69, 9.17) is 0 Å². The predicted molar refractivity (Wildman–Crippen MR) is 88.1 cm³/mol. The van der Waals surface area contributed by atoms with Gasteiger partial charge in [-0.25, -0.2) is 9.50 Å². The molecule has 0 aliphatic carbocycles. The topological polar surface area (TPSA) is 99.8 Å². The number of hydrogen-bond acceptors (Lipinski definition) is 5. The Kier molecular flexibility index (Phi) is 4.75. The van der Waals surface area contributed by atoms with E-state index in [-0.39, 0.29) is 29.3 Å². The molecule has 27 heavy (non-hydrogen) atoms. The number of phenolic OH excluding ortho intramolecular Hbond substituents is 1. The van der Waals surface area contributed by atoms with Gasteiger partial charge in [-0.05, 0) is 30.7 Å². The third-order valence-electron chi connectivity index (χ3n) is 3.79. The molecule has 0 fully saturated rings. The number of phenols is 1. The van der Waals surface area contributed by atoms with Crippen molar-refractivity contribution in [2.24, 2.45) is 0 Å². The van der Waals surface area contributed by atoms with Crippen molar-refractivity contribution in [2.75, 3.05) is 6.54 Å². The fourth-order valence-corrected chi connectivity index (χ4v) is 2.54. The number of aliphatic hydroxyl groups excluding tert-OH is 1. The molecule has 0 radical (unpaired) electrons. The minimum absolute atomic E-state index is 0.0423. The molecule has 0 aliphatic rings. The predicted octanol–water partition coefficient (Wildman–Crippen LogP) is 2.23. The Balaban J connectivity index is 1.80. The molecule has 7 nitrogen and oxygen atoms in total. The summed E-state index contributed by atoms with van der Waals surface area (Å²) >= 11 is 0. The molecule has 1 amide bonds. The van der Waals surface area contributed by atoms with Crippen molar-refractivity contribution in [1.29, 1.82) is 0 Å². The molecule has 0 saturated heterocycles. The molecule has 10 heteroatoms. The number of amides is 1. The highest BCUT2D eigenvalue weighted by molar-refractivity contribution is 5.93. The number of benzene rings is 1. The number of rotatable bonds is 4. The molecule has 2 heterocycles. The summed E-state index contributed by atoms with van der Waals surface area (Å²) in [5.41, 5.74) is -0.894. The van der Waals surface area contributed by atoms with E-state index >= 15 is 0 Å². The molecule has 3 rings (SSSR count). The molecule has 142 valence electrons. The third kappa shape index (κ3) is 4.00. The summed E-state index contributed by atoms with van der Waals surface area (Å²) in [4.78, 5) is 16.2. The minimum Gasteiger partial charge on any atom is -0.508 e. The number of aryl methyl sites for hydroxylation is 1. The number of aromatic hydroxyl groups is 1. The first-order valence-electron chi connectivity index (χ1n) is 7.85. The fourth-order valence-electron chi connectivity index (χ4n) is 2.54. The number of carbonyl (C=O) groups is 1. The molecule has 0 unspecified atom stereocenters. The van der Waals surface area contributed by atoms with Gasteiger partial charge in [-0.1, -0.05) is 12.1 Å². The molecule has 0 bridgehead atoms. The standard InChI is InChI=1S/C17H15F3N4O3/c1-9-5-14(17(18,19)20)24-15(22-9)7-12(23-24)16(27)21-8-13(26)10-3-2-4-11(25)6-10/h2-7,13,25-26H,8H2,1H3,(H,21,27)/t13-/m0/s1. The number of carbonyl (C=O) groups excluding carboxylic acids is 1. The van der Waals surface area contributed by atoms with Gasteiger partial charge in [0.2, 0.25) is 0 Å². The Labute approximate surface area is 151 Å². The highest BCUT2D eigenvalue weighted by Crippen LogP contribution is 2.29. The number of hydrogen-bond donors (Lipinski definition) is 3. The SMILES string of the molecule is Cc1cc(C(F)(F)F)n2nc(C(=O)NC[C@H](O)c3cccc(O)c3)cc2n1. The van der Waals surface area contributed by atoms with Crippen molar-refractivity contribution in [3.63, 3.8) is 0 Å². The van der Waals surface area contributed by atoms with E-state index in [2.05, 4.69) is 15.4 Å². The maximum atomic E-state index is 13.1. The average molecular weight is 380 g/mol. The number of aromatic nitrogens is 3. The van der Waals surface area contributed by atoms with Crippen LogP contribution in [0.4, 0.5) is 13.2 Å². The van der Waals surface area contributed by atoms with Crippen molar-refractivity contribution in [1.82, 2.24) is 19.9 Å². The molecule has 3 aromatic rings. The van der Waals surface area contributed by atoms with Crippen LogP contribution in [0.1, 0.15) is 33.5 Å². The first-order valence-corrected chi connectivity index (χ1v) is 7.85. The zero-order valence-corrected chi connectivity index (χ0v) is 14.0. The van der Waals surface area contributed by atoms with Crippen LogP contribution in [0, 0.1) is 6.92 Å². The minimum atomic E-state index is -4.66. The summed E-state index contributed by atoms with van der Waals surface area (Å²) in [7, 11) is 0. The van der Waals surface area contributed by atoms with Crippen molar-refractivity contribution < 1.29 is 28.2 Å². The first-order chi connectivity index (χ1) is 12.6. The summed E-state index contributed by atoms with van der Waals surface area (Å²) in [6.45, 7) is 1.20. The van der Waals surface area contributed by atoms with Gasteiger partial charge in [-0.2, -0.15) is 18.3 Å². The van der Waals surface area contributed by atoms with E-state index in [1.807, 2.05) is 0 Å². The largest absolute Gasteiger partial charge is 0.508 e. The molecule has 2 aromatic heterocycles. The zero-order valence-electron chi connectivity index (χ0n) is 14.0. The Bertz CT molecular complexity index is 1000. The maximum Gasteiger partial charge on any atom is 0.433 e. The lowest BCUT2D eigenvalue weighted by atomic mass is 10.1. The second-order valence-electron chi connectivity index (χ2n) is 5.90. The summed E-state index contributed by atoms with van der Waals surface area (Å²) in [5.74, 6) is -0.801. The second-order valence-corrected chi connectivity index (χ2v) is 5.90. The number of halogens is 3. The van der Waals surface area contributed by atoms with Crippen LogP contribution in [0.3, 0.4) is 0 Å². The van der Waals surface area contributed by atoms with Crippen LogP contribution in [0.15, 0.2) is 36.4 Å². The maximum absolute atomic E-state index is 13.1. The quantitative estimate of drug-likeness (QED) is 0.645. The summed E-state index contributed by atoms with van der Waals surface area (Å²) in [6, 6.07) is 7.84. The highest BCUT2D eigenvalue weighted by Gasteiger charge is 2.35. The third-order valence-corrected chi connectivity index (χ3v) is 3.79. The Morgan fingerprint density at radius 1 is 1.30 bits per heavy atom. The van der Waals surface area contributed by atoms with Crippen molar-refractivity contribution in [3.8, 4) is 5.75 Å². The summed E-state index contributed by atoms with van der Waals surface area (Å²) < 4.78 is 40.0. The van der Waals surface area contributed by atoms with Crippen LogP contribution >= 0.6 is 0 Å². The van der Waals surface area contributed by atoms with Gasteiger partial charge in [0.05, 0.1) is 6.10 Å². The lowest BCUT2D eigenvalue weighted by Gasteiger charge is -2.12. The van der Waals surface area contributed by atoms with Crippen molar-refractivity contribution >= 4 is 11.6 Å². The van der Waals surface area contributed by atoms with Crippen LogP contribution in [-0.4, -0.2) is 37.3 Å². The number of nitrogens with zero attached hydrogens (tertiary/aromatic N) is 3. The highest BCUT2D eigenvalue weighted by atomic mass is 19.4. The van der Waals surface area contributed by atoms with Gasteiger partial charge in [0.1, 0.15) is 11.4 Å². The molecular formula is C17H15F3N4O3. The van der Waals surface area contributed by atoms with E-state index in [0.717, 1.165) is 12.1 Å². The van der Waals surface area contributed by atoms with Crippen LogP contribution in [0.5, 0.6) is 5.75 Å². The molecule has 1 aromatic carbocycles. The Morgan fingerprint density at radius 2 is 2.04 bits per heavy atom. The Hall–Kier alpha value is -3.14. The summed E-state index contributed by atoms with van der Waals surface area (Å²) in [5, 5.41) is 25.5. The molecular weight excluding hydrogens is 365 g/mol. The van der Waals surface area contributed by atoms with Crippen LogP contribution in [-0.2, 0) is 6.18 Å². The summed E-state index contributed by atoms with van der Waals surface area (Å²) in [6.07, 6.45) is -5.76. The van der Waals surface area contributed by atoms with E-state index in [1.165, 1.54) is 25.1 Å². The number of fused-ring (bicyclic) bond motifs is 1. The molecule has 1 atom stereocenters. The van der Waals surface area contributed by atoms with Crippen LogP contribution in [0.25, 0.3) is 5.65 Å². The number of alkyl halides is 3. The smallest absolute Gasteiger partial charge is 0.433 e. The Morgan fingerprint density at radius 3 is 2.70 bits per heavy atom. The van der Waals surface area contributed by atoms with Crippen molar-refractivity contribution in [2.45, 2.75) is 19.2 Å². The van der Waals surface area contributed by atoms with E-state index in [9.17, 15) is 28.2 Å². The average Bonchev–Trinajstić information content (AvgIpc) is 3.01. The lowest BCUT2D eigenvalue weighted by molar-refractivity contribution is -0.142. The van der Waals surface area contributed by atoms with E-state index in [0.29, 0.717) is 10.1 Å². The van der Waals surface area contributed by atoms with Gasteiger partial charge in [0.25, 0.3) is 5.91 Å². The van der Waals surface area contributed by atoms with Crippen molar-refractivity contribution in [3.05, 3.63) is 59.0 Å². The van der Waals surface area contributed by atoms with E-state index < -0.39 is 23.9 Å². The van der Waals surface area contributed by atoms with Gasteiger partial charge in [-0.3, -0.25) is 4.79 Å². The zero-order chi connectivity index (χ0) is 19.8. The fraction of sp³-hybridized carbons (Fsp3) is 0.235. The van der Waals surface area contributed by atoms with Gasteiger partial charge >= 0.3 is 6.18 Å². The van der Waals surface area contributed by atoms with E-state index in [1.54, 1.807) is 6.07 Å². The first kappa shape index (κ1) is 18.6. The number of aliphatic hydroxyl groups is 1. The van der Waals surface area contributed by atoms with Crippen LogP contribution in [0.2, 0.25) is 0 Å². The second kappa shape index (κ2) is 6.88. The molecule has 0 aliphatic heterocycles. The molecule has 0 saturated carbocycles. The van der Waals surface area contributed by atoms with Gasteiger partial charge in [0.15, 0.2) is 11.3 Å². The lowest BCUT2D eigenvalue weighted by Crippen LogP contribution is -2.28. The van der Waals surface area contributed by atoms with Gasteiger partial charge < -0.3 is 15.5 Å².